The van der Waals surface area contributed by atoms with Gasteiger partial charge in [0.25, 0.3) is 5.91 Å². The Morgan fingerprint density at radius 3 is 2.81 bits per heavy atom. The fourth-order valence-corrected chi connectivity index (χ4v) is 1.29. The number of nitriles is 1. The second-order valence-corrected chi connectivity index (χ2v) is 3.26. The van der Waals surface area contributed by atoms with E-state index < -0.39 is 6.04 Å². The second-order valence-electron chi connectivity index (χ2n) is 3.26. The van der Waals surface area contributed by atoms with Crippen LogP contribution < -0.4 is 10.1 Å². The molecule has 1 rings (SSSR count). The van der Waals surface area contributed by atoms with E-state index in [9.17, 15) is 4.79 Å². The first kappa shape index (κ1) is 12.1. The van der Waals surface area contributed by atoms with Gasteiger partial charge in [-0.1, -0.05) is 19.1 Å². The van der Waals surface area contributed by atoms with Crippen molar-refractivity contribution >= 4 is 5.91 Å². The smallest absolute Gasteiger partial charge is 0.256 e. The molecule has 0 heterocycles. The summed E-state index contributed by atoms with van der Waals surface area (Å²) in [5, 5.41) is 11.4. The summed E-state index contributed by atoms with van der Waals surface area (Å²) in [6, 6.07) is 8.48. The normalized spacial score (nSPS) is 11.3. The molecule has 4 heteroatoms. The van der Waals surface area contributed by atoms with Crippen molar-refractivity contribution < 1.29 is 9.53 Å². The fourth-order valence-electron chi connectivity index (χ4n) is 1.29. The summed E-state index contributed by atoms with van der Waals surface area (Å²) >= 11 is 0. The predicted octanol–water partition coefficient (Wildman–Crippen LogP) is 1.73. The summed E-state index contributed by atoms with van der Waals surface area (Å²) in [7, 11) is 1.51. The summed E-state index contributed by atoms with van der Waals surface area (Å²) < 4.78 is 5.07. The average Bonchev–Trinajstić information content (AvgIpc) is 2.35. The Bertz CT molecular complexity index is 410. The lowest BCUT2D eigenvalue weighted by atomic mass is 10.1. The highest BCUT2D eigenvalue weighted by Crippen LogP contribution is 2.17. The molecule has 0 saturated heterocycles. The molecule has 0 saturated carbocycles. The summed E-state index contributed by atoms with van der Waals surface area (Å²) in [6.45, 7) is 1.84. The average molecular weight is 218 g/mol. The minimum absolute atomic E-state index is 0.286. The molecule has 1 aromatic rings. The number of hydrogen-bond acceptors (Lipinski definition) is 3. The Labute approximate surface area is 94.8 Å². The van der Waals surface area contributed by atoms with Gasteiger partial charge >= 0.3 is 0 Å². The molecule has 0 aliphatic rings. The van der Waals surface area contributed by atoms with E-state index in [1.54, 1.807) is 24.3 Å². The Hall–Kier alpha value is -2.02. The number of ether oxygens (including phenoxy) is 1. The van der Waals surface area contributed by atoms with E-state index in [4.69, 9.17) is 10.00 Å². The van der Waals surface area contributed by atoms with Crippen molar-refractivity contribution in [3.05, 3.63) is 29.8 Å². The van der Waals surface area contributed by atoms with Crippen LogP contribution in [0.4, 0.5) is 0 Å². The number of carbonyl (C=O) groups is 1. The van der Waals surface area contributed by atoms with Crippen molar-refractivity contribution in [3.63, 3.8) is 0 Å². The third kappa shape index (κ3) is 2.74. The molecule has 16 heavy (non-hydrogen) atoms. The van der Waals surface area contributed by atoms with Crippen LogP contribution >= 0.6 is 0 Å². The third-order valence-electron chi connectivity index (χ3n) is 2.22. The molecule has 84 valence electrons. The van der Waals surface area contributed by atoms with Gasteiger partial charge in [-0.15, -0.1) is 0 Å². The van der Waals surface area contributed by atoms with Crippen LogP contribution in [0.2, 0.25) is 0 Å². The number of amides is 1. The molecule has 0 bridgehead atoms. The quantitative estimate of drug-likeness (QED) is 0.837. The van der Waals surface area contributed by atoms with Crippen LogP contribution in [0.5, 0.6) is 5.75 Å². The van der Waals surface area contributed by atoms with E-state index in [-0.39, 0.29) is 5.91 Å². The number of nitrogens with one attached hydrogen (secondary N) is 1. The Balaban J connectivity index is 2.85. The van der Waals surface area contributed by atoms with E-state index >= 15 is 0 Å². The number of nitrogens with zero attached hydrogens (tertiary/aromatic N) is 1. The lowest BCUT2D eigenvalue weighted by molar-refractivity contribution is 0.0941. The molecule has 1 unspecified atom stereocenters. The minimum Gasteiger partial charge on any atom is -0.496 e. The Morgan fingerprint density at radius 2 is 2.25 bits per heavy atom. The highest BCUT2D eigenvalue weighted by atomic mass is 16.5. The van der Waals surface area contributed by atoms with Gasteiger partial charge in [0.1, 0.15) is 11.8 Å². The Kier molecular flexibility index (Phi) is 4.34. The van der Waals surface area contributed by atoms with E-state index in [1.807, 2.05) is 13.0 Å². The lowest BCUT2D eigenvalue weighted by Gasteiger charge is -2.11. The zero-order chi connectivity index (χ0) is 12.0. The molecule has 1 atom stereocenters. The second kappa shape index (κ2) is 5.76. The van der Waals surface area contributed by atoms with Crippen molar-refractivity contribution in [2.45, 2.75) is 19.4 Å². The van der Waals surface area contributed by atoms with Crippen molar-refractivity contribution in [2.24, 2.45) is 0 Å². The van der Waals surface area contributed by atoms with Crippen molar-refractivity contribution in [2.75, 3.05) is 7.11 Å². The number of carbonyl (C=O) groups excluding carboxylic acids is 1. The Morgan fingerprint density at radius 1 is 1.56 bits per heavy atom. The summed E-state index contributed by atoms with van der Waals surface area (Å²) in [4.78, 5) is 11.8. The largest absolute Gasteiger partial charge is 0.496 e. The first-order valence-electron chi connectivity index (χ1n) is 5.06. The molecule has 1 N–H and O–H groups in total. The van der Waals surface area contributed by atoms with Gasteiger partial charge in [0.2, 0.25) is 0 Å². The van der Waals surface area contributed by atoms with Crippen LogP contribution in [-0.4, -0.2) is 19.1 Å². The first-order chi connectivity index (χ1) is 7.72. The topological polar surface area (TPSA) is 62.1 Å². The molecule has 0 radical (unpaired) electrons. The zero-order valence-electron chi connectivity index (χ0n) is 9.36. The molecule has 0 aliphatic heterocycles. The number of methoxy groups -OCH3 is 1. The van der Waals surface area contributed by atoms with Crippen molar-refractivity contribution in [3.8, 4) is 11.8 Å². The monoisotopic (exact) mass is 218 g/mol. The molecule has 1 aromatic carbocycles. The highest BCUT2D eigenvalue weighted by molar-refractivity contribution is 5.97. The van der Waals surface area contributed by atoms with E-state index in [0.717, 1.165) is 0 Å². The molecular weight excluding hydrogens is 204 g/mol. The summed E-state index contributed by atoms with van der Waals surface area (Å²) in [6.07, 6.45) is 0.581. The van der Waals surface area contributed by atoms with Crippen molar-refractivity contribution in [1.82, 2.24) is 5.32 Å². The third-order valence-corrected chi connectivity index (χ3v) is 2.22. The predicted molar refractivity (Wildman–Crippen MR) is 60.2 cm³/mol. The fraction of sp³-hybridized carbons (Fsp3) is 0.333. The van der Waals surface area contributed by atoms with Crippen LogP contribution in [0, 0.1) is 11.3 Å². The van der Waals surface area contributed by atoms with Crippen LogP contribution in [0.1, 0.15) is 23.7 Å². The van der Waals surface area contributed by atoms with Crippen molar-refractivity contribution in [1.29, 1.82) is 5.26 Å². The molecule has 0 aliphatic carbocycles. The number of rotatable bonds is 4. The van der Waals surface area contributed by atoms with Gasteiger partial charge in [0, 0.05) is 0 Å². The lowest BCUT2D eigenvalue weighted by Crippen LogP contribution is -2.33. The maximum Gasteiger partial charge on any atom is 0.256 e. The first-order valence-corrected chi connectivity index (χ1v) is 5.06. The van der Waals surface area contributed by atoms with Crippen LogP contribution in [-0.2, 0) is 0 Å². The molecule has 0 fully saturated rings. The molecule has 0 aromatic heterocycles. The van der Waals surface area contributed by atoms with Gasteiger partial charge in [-0.05, 0) is 18.6 Å². The zero-order valence-corrected chi connectivity index (χ0v) is 9.36. The molecule has 0 spiro atoms. The van der Waals surface area contributed by atoms with Gasteiger partial charge in [0.05, 0.1) is 18.7 Å². The van der Waals surface area contributed by atoms with Gasteiger partial charge in [-0.25, -0.2) is 0 Å². The number of benzene rings is 1. The minimum atomic E-state index is -0.461. The van der Waals surface area contributed by atoms with Gasteiger partial charge in [-0.2, -0.15) is 5.26 Å². The van der Waals surface area contributed by atoms with Gasteiger partial charge < -0.3 is 10.1 Å². The van der Waals surface area contributed by atoms with Crippen LogP contribution in [0.15, 0.2) is 24.3 Å². The van der Waals surface area contributed by atoms with Gasteiger partial charge in [-0.3, -0.25) is 4.79 Å². The molecule has 1 amide bonds. The van der Waals surface area contributed by atoms with E-state index in [1.165, 1.54) is 7.11 Å². The summed E-state index contributed by atoms with van der Waals surface area (Å²) in [5.74, 6) is 0.221. The SMILES string of the molecule is CCC(C#N)NC(=O)c1ccccc1OC. The van der Waals surface area contributed by atoms with Crippen LogP contribution in [0.25, 0.3) is 0 Å². The maximum atomic E-state index is 11.8. The maximum absolute atomic E-state index is 11.8. The van der Waals surface area contributed by atoms with E-state index in [0.29, 0.717) is 17.7 Å². The van der Waals surface area contributed by atoms with E-state index in [2.05, 4.69) is 5.32 Å². The highest BCUT2D eigenvalue weighted by Gasteiger charge is 2.14. The van der Waals surface area contributed by atoms with Gasteiger partial charge in [0.15, 0.2) is 0 Å². The molecule has 4 nitrogen and oxygen atoms in total. The summed E-state index contributed by atoms with van der Waals surface area (Å²) in [5.41, 5.74) is 0.443. The number of para-hydroxylation sites is 1. The molecular formula is C12H14N2O2. The number of hydrogen-bond donors (Lipinski definition) is 1. The standard InChI is InChI=1S/C12H14N2O2/c1-3-9(8-13)14-12(15)10-6-4-5-7-11(10)16-2/h4-7,9H,3H2,1-2H3,(H,14,15). The van der Waals surface area contributed by atoms with Crippen LogP contribution in [0.3, 0.4) is 0 Å².